The Labute approximate surface area is 116 Å². The van der Waals surface area contributed by atoms with Crippen LogP contribution in [0.1, 0.15) is 26.3 Å². The summed E-state index contributed by atoms with van der Waals surface area (Å²) in [4.78, 5) is 2.36. The van der Waals surface area contributed by atoms with Crippen LogP contribution in [0.25, 0.3) is 0 Å². The molecular formula is C15H26N2O2. The molecule has 0 aliphatic carbocycles. The topological polar surface area (TPSA) is 44.7 Å². The number of para-hydroxylation sites is 1. The third-order valence-corrected chi connectivity index (χ3v) is 3.20. The maximum Gasteiger partial charge on any atom is 0.162 e. The normalized spacial score (nSPS) is 10.9. The minimum atomic E-state index is 0.250. The molecule has 1 rings (SSSR count). The van der Waals surface area contributed by atoms with Crippen molar-refractivity contribution in [3.63, 3.8) is 0 Å². The van der Waals surface area contributed by atoms with E-state index in [9.17, 15) is 5.11 Å². The standard InChI is InChI=1S/C15H26N2O2/c1-4-17(5-2)11-10-16-12-13-8-7-9-14(15(13)18)19-6-3/h7-9,16,18H,4-6,10-12H2,1-3H3. The first-order valence-electron chi connectivity index (χ1n) is 7.09. The predicted molar refractivity (Wildman–Crippen MR) is 78.8 cm³/mol. The fraction of sp³-hybridized carbons (Fsp3) is 0.600. The highest BCUT2D eigenvalue weighted by molar-refractivity contribution is 5.45. The SMILES string of the molecule is CCOc1cccc(CNCCN(CC)CC)c1O. The third-order valence-electron chi connectivity index (χ3n) is 3.20. The number of likely N-dealkylation sites (N-methyl/N-ethyl adjacent to an activating group) is 1. The summed E-state index contributed by atoms with van der Waals surface area (Å²) in [7, 11) is 0. The highest BCUT2D eigenvalue weighted by Gasteiger charge is 2.07. The summed E-state index contributed by atoms with van der Waals surface area (Å²) in [5, 5.41) is 13.4. The Bertz CT molecular complexity index is 365. The molecule has 0 aliphatic heterocycles. The molecule has 0 saturated carbocycles. The zero-order valence-corrected chi connectivity index (χ0v) is 12.3. The summed E-state index contributed by atoms with van der Waals surface area (Å²) in [6, 6.07) is 5.62. The van der Waals surface area contributed by atoms with Gasteiger partial charge in [-0.05, 0) is 26.1 Å². The number of nitrogens with zero attached hydrogens (tertiary/aromatic N) is 1. The average molecular weight is 266 g/mol. The van der Waals surface area contributed by atoms with Gasteiger partial charge in [-0.1, -0.05) is 26.0 Å². The second kappa shape index (κ2) is 8.77. The maximum atomic E-state index is 10.0. The molecule has 0 amide bonds. The largest absolute Gasteiger partial charge is 0.504 e. The summed E-state index contributed by atoms with van der Waals surface area (Å²) >= 11 is 0. The summed E-state index contributed by atoms with van der Waals surface area (Å²) in [6.07, 6.45) is 0. The molecular weight excluding hydrogens is 240 g/mol. The average Bonchev–Trinajstić information content (AvgIpc) is 2.43. The molecule has 4 heteroatoms. The molecule has 108 valence electrons. The predicted octanol–water partition coefficient (Wildman–Crippen LogP) is 2.22. The Hall–Kier alpha value is -1.26. The molecule has 0 atom stereocenters. The number of benzene rings is 1. The Morgan fingerprint density at radius 1 is 1.21 bits per heavy atom. The van der Waals surface area contributed by atoms with Crippen LogP contribution in [0.2, 0.25) is 0 Å². The van der Waals surface area contributed by atoms with E-state index in [0.717, 1.165) is 31.7 Å². The Balaban J connectivity index is 2.43. The van der Waals surface area contributed by atoms with Crippen LogP contribution < -0.4 is 10.1 Å². The fourth-order valence-electron chi connectivity index (χ4n) is 1.98. The molecule has 2 N–H and O–H groups in total. The van der Waals surface area contributed by atoms with Crippen molar-refractivity contribution in [1.29, 1.82) is 0 Å². The van der Waals surface area contributed by atoms with Gasteiger partial charge < -0.3 is 20.1 Å². The van der Waals surface area contributed by atoms with Crippen molar-refractivity contribution in [2.45, 2.75) is 27.3 Å². The molecule has 0 radical (unpaired) electrons. The van der Waals surface area contributed by atoms with Crippen LogP contribution in [0.3, 0.4) is 0 Å². The van der Waals surface area contributed by atoms with Gasteiger partial charge in [0, 0.05) is 25.2 Å². The van der Waals surface area contributed by atoms with E-state index in [0.29, 0.717) is 18.9 Å². The van der Waals surface area contributed by atoms with Crippen LogP contribution >= 0.6 is 0 Å². The number of phenols is 1. The minimum absolute atomic E-state index is 0.250. The van der Waals surface area contributed by atoms with Crippen LogP contribution in [-0.2, 0) is 6.54 Å². The van der Waals surface area contributed by atoms with Crippen LogP contribution in [-0.4, -0.2) is 42.8 Å². The Kier molecular flexibility index (Phi) is 7.30. The van der Waals surface area contributed by atoms with Gasteiger partial charge in [-0.2, -0.15) is 0 Å². The summed E-state index contributed by atoms with van der Waals surface area (Å²) in [5.74, 6) is 0.810. The molecule has 4 nitrogen and oxygen atoms in total. The lowest BCUT2D eigenvalue weighted by atomic mass is 10.2. The number of hydrogen-bond donors (Lipinski definition) is 2. The molecule has 0 unspecified atom stereocenters. The van der Waals surface area contributed by atoms with E-state index in [2.05, 4.69) is 24.1 Å². The third kappa shape index (κ3) is 5.09. The van der Waals surface area contributed by atoms with E-state index in [1.807, 2.05) is 19.1 Å². The van der Waals surface area contributed by atoms with E-state index < -0.39 is 0 Å². The van der Waals surface area contributed by atoms with Crippen molar-refractivity contribution in [1.82, 2.24) is 10.2 Å². The van der Waals surface area contributed by atoms with Crippen molar-refractivity contribution in [3.8, 4) is 11.5 Å². The Morgan fingerprint density at radius 3 is 2.58 bits per heavy atom. The van der Waals surface area contributed by atoms with E-state index >= 15 is 0 Å². The zero-order valence-electron chi connectivity index (χ0n) is 12.3. The molecule has 0 fully saturated rings. The van der Waals surface area contributed by atoms with Gasteiger partial charge >= 0.3 is 0 Å². The zero-order chi connectivity index (χ0) is 14.1. The van der Waals surface area contributed by atoms with E-state index in [4.69, 9.17) is 4.74 Å². The molecule has 1 aromatic rings. The number of ether oxygens (including phenoxy) is 1. The monoisotopic (exact) mass is 266 g/mol. The molecule has 0 aromatic heterocycles. The van der Waals surface area contributed by atoms with E-state index in [1.165, 1.54) is 0 Å². The number of hydrogen-bond acceptors (Lipinski definition) is 4. The van der Waals surface area contributed by atoms with Gasteiger partial charge in [0.15, 0.2) is 11.5 Å². The number of rotatable bonds is 9. The first-order chi connectivity index (χ1) is 9.22. The van der Waals surface area contributed by atoms with Crippen molar-refractivity contribution < 1.29 is 9.84 Å². The molecule has 0 spiro atoms. The quantitative estimate of drug-likeness (QED) is 0.673. The molecule has 0 aliphatic rings. The molecule has 0 bridgehead atoms. The van der Waals surface area contributed by atoms with Gasteiger partial charge in [0.1, 0.15) is 0 Å². The van der Waals surface area contributed by atoms with Gasteiger partial charge in [0.2, 0.25) is 0 Å². The lowest BCUT2D eigenvalue weighted by Gasteiger charge is -2.18. The Morgan fingerprint density at radius 2 is 1.95 bits per heavy atom. The summed E-state index contributed by atoms with van der Waals surface area (Å²) in [6.45, 7) is 11.6. The molecule has 1 aromatic carbocycles. The van der Waals surface area contributed by atoms with Crippen molar-refractivity contribution >= 4 is 0 Å². The minimum Gasteiger partial charge on any atom is -0.504 e. The molecule has 0 saturated heterocycles. The number of aromatic hydroxyl groups is 1. The van der Waals surface area contributed by atoms with Crippen LogP contribution in [0, 0.1) is 0 Å². The van der Waals surface area contributed by atoms with Crippen molar-refractivity contribution in [3.05, 3.63) is 23.8 Å². The fourth-order valence-corrected chi connectivity index (χ4v) is 1.98. The highest BCUT2D eigenvalue weighted by Crippen LogP contribution is 2.29. The summed E-state index contributed by atoms with van der Waals surface area (Å²) < 4.78 is 5.37. The first-order valence-corrected chi connectivity index (χ1v) is 7.09. The van der Waals surface area contributed by atoms with Crippen LogP contribution in [0.15, 0.2) is 18.2 Å². The van der Waals surface area contributed by atoms with Gasteiger partial charge in [-0.3, -0.25) is 0 Å². The van der Waals surface area contributed by atoms with Gasteiger partial charge in [-0.25, -0.2) is 0 Å². The number of phenolic OH excluding ortho intramolecular Hbond substituents is 1. The first kappa shape index (κ1) is 15.8. The lowest BCUT2D eigenvalue weighted by Crippen LogP contribution is -2.31. The van der Waals surface area contributed by atoms with Crippen molar-refractivity contribution in [2.75, 3.05) is 32.8 Å². The lowest BCUT2D eigenvalue weighted by molar-refractivity contribution is 0.301. The maximum absolute atomic E-state index is 10.0. The molecule has 0 heterocycles. The van der Waals surface area contributed by atoms with E-state index in [-0.39, 0.29) is 5.75 Å². The highest BCUT2D eigenvalue weighted by atomic mass is 16.5. The number of nitrogens with one attached hydrogen (secondary N) is 1. The second-order valence-electron chi connectivity index (χ2n) is 4.40. The van der Waals surface area contributed by atoms with Crippen LogP contribution in [0.4, 0.5) is 0 Å². The van der Waals surface area contributed by atoms with Crippen LogP contribution in [0.5, 0.6) is 11.5 Å². The van der Waals surface area contributed by atoms with E-state index in [1.54, 1.807) is 6.07 Å². The second-order valence-corrected chi connectivity index (χ2v) is 4.40. The van der Waals surface area contributed by atoms with Gasteiger partial charge in [0.25, 0.3) is 0 Å². The van der Waals surface area contributed by atoms with Crippen molar-refractivity contribution in [2.24, 2.45) is 0 Å². The van der Waals surface area contributed by atoms with Gasteiger partial charge in [-0.15, -0.1) is 0 Å². The smallest absolute Gasteiger partial charge is 0.162 e. The van der Waals surface area contributed by atoms with Gasteiger partial charge in [0.05, 0.1) is 6.61 Å². The summed E-state index contributed by atoms with van der Waals surface area (Å²) in [5.41, 5.74) is 0.880. The molecule has 19 heavy (non-hydrogen) atoms.